The summed E-state index contributed by atoms with van der Waals surface area (Å²) in [7, 11) is 0. The highest BCUT2D eigenvalue weighted by Crippen LogP contribution is 2.30. The van der Waals surface area contributed by atoms with Crippen molar-refractivity contribution < 1.29 is 0 Å². The molecule has 0 bridgehead atoms. The summed E-state index contributed by atoms with van der Waals surface area (Å²) in [5.74, 6) is 0. The van der Waals surface area contributed by atoms with Gasteiger partial charge in [-0.05, 0) is 37.9 Å². The van der Waals surface area contributed by atoms with Gasteiger partial charge in [0.15, 0.2) is 0 Å². The van der Waals surface area contributed by atoms with Crippen molar-refractivity contribution in [1.82, 2.24) is 4.90 Å². The lowest BCUT2D eigenvalue weighted by Gasteiger charge is -2.42. The molecule has 0 spiro atoms. The average Bonchev–Trinajstić information content (AvgIpc) is 2.41. The summed E-state index contributed by atoms with van der Waals surface area (Å²) in [5, 5.41) is 3.74. The molecule has 0 unspecified atom stereocenters. The van der Waals surface area contributed by atoms with E-state index in [1.165, 1.54) is 31.6 Å². The highest BCUT2D eigenvalue weighted by atomic mass is 15.1. The van der Waals surface area contributed by atoms with Gasteiger partial charge < -0.3 is 10.2 Å². The molecule has 0 atom stereocenters. The highest BCUT2D eigenvalue weighted by molar-refractivity contribution is 5.45. The standard InChI is InChI=1S/C16H24N2/c1-3-10-16(11-13-18(4-2)14-12-16)17-15-8-6-5-7-9-15/h3,5-9,17H,1,4,10-14H2,2H3. The Morgan fingerprint density at radius 1 is 1.28 bits per heavy atom. The first-order valence-corrected chi connectivity index (χ1v) is 6.94. The smallest absolute Gasteiger partial charge is 0.0432 e. The summed E-state index contributed by atoms with van der Waals surface area (Å²) in [4.78, 5) is 2.52. The number of nitrogens with one attached hydrogen (secondary N) is 1. The first-order valence-electron chi connectivity index (χ1n) is 6.94. The van der Waals surface area contributed by atoms with Crippen LogP contribution in [0.2, 0.25) is 0 Å². The van der Waals surface area contributed by atoms with Gasteiger partial charge in [-0.1, -0.05) is 31.2 Å². The molecule has 1 heterocycles. The minimum atomic E-state index is 0.203. The van der Waals surface area contributed by atoms with Gasteiger partial charge in [0, 0.05) is 24.3 Å². The number of rotatable bonds is 5. The van der Waals surface area contributed by atoms with Crippen LogP contribution >= 0.6 is 0 Å². The third-order valence-corrected chi connectivity index (χ3v) is 3.98. The average molecular weight is 244 g/mol. The van der Waals surface area contributed by atoms with E-state index in [1.807, 2.05) is 0 Å². The van der Waals surface area contributed by atoms with Crippen LogP contribution < -0.4 is 5.32 Å². The fourth-order valence-electron chi connectivity index (χ4n) is 2.78. The van der Waals surface area contributed by atoms with Crippen molar-refractivity contribution in [3.63, 3.8) is 0 Å². The maximum absolute atomic E-state index is 3.93. The summed E-state index contributed by atoms with van der Waals surface area (Å²) in [5.41, 5.74) is 1.43. The van der Waals surface area contributed by atoms with Gasteiger partial charge >= 0.3 is 0 Å². The van der Waals surface area contributed by atoms with Gasteiger partial charge in [0.1, 0.15) is 0 Å². The van der Waals surface area contributed by atoms with Gasteiger partial charge in [-0.3, -0.25) is 0 Å². The first kappa shape index (κ1) is 13.2. The van der Waals surface area contributed by atoms with Crippen molar-refractivity contribution in [1.29, 1.82) is 0 Å². The predicted molar refractivity (Wildman–Crippen MR) is 79.0 cm³/mol. The summed E-state index contributed by atoms with van der Waals surface area (Å²) in [6.45, 7) is 9.70. The van der Waals surface area contributed by atoms with Crippen molar-refractivity contribution in [3.8, 4) is 0 Å². The van der Waals surface area contributed by atoms with Crippen molar-refractivity contribution in [2.75, 3.05) is 25.0 Å². The minimum Gasteiger partial charge on any atom is -0.379 e. The predicted octanol–water partition coefficient (Wildman–Crippen LogP) is 3.53. The van der Waals surface area contributed by atoms with Crippen LogP contribution in [0.4, 0.5) is 5.69 Å². The minimum absolute atomic E-state index is 0.203. The lowest BCUT2D eigenvalue weighted by atomic mass is 9.84. The molecule has 1 aromatic carbocycles. The number of piperidine rings is 1. The molecule has 2 rings (SSSR count). The first-order chi connectivity index (χ1) is 8.78. The normalized spacial score (nSPS) is 19.4. The number of nitrogens with zero attached hydrogens (tertiary/aromatic N) is 1. The fraction of sp³-hybridized carbons (Fsp3) is 0.500. The monoisotopic (exact) mass is 244 g/mol. The van der Waals surface area contributed by atoms with Gasteiger partial charge in [-0.2, -0.15) is 0 Å². The molecule has 18 heavy (non-hydrogen) atoms. The van der Waals surface area contributed by atoms with Crippen LogP contribution in [0.1, 0.15) is 26.2 Å². The molecule has 98 valence electrons. The Labute approximate surface area is 111 Å². The molecule has 2 heteroatoms. The van der Waals surface area contributed by atoms with E-state index in [1.54, 1.807) is 0 Å². The molecule has 1 aromatic rings. The van der Waals surface area contributed by atoms with Crippen molar-refractivity contribution >= 4 is 5.69 Å². The van der Waals surface area contributed by atoms with Crippen LogP contribution in [0.5, 0.6) is 0 Å². The number of likely N-dealkylation sites (tertiary alicyclic amines) is 1. The Morgan fingerprint density at radius 3 is 2.50 bits per heavy atom. The van der Waals surface area contributed by atoms with E-state index in [9.17, 15) is 0 Å². The SMILES string of the molecule is C=CCC1(Nc2ccccc2)CCN(CC)CC1. The lowest BCUT2D eigenvalue weighted by molar-refractivity contribution is 0.181. The maximum Gasteiger partial charge on any atom is 0.0432 e. The molecule has 0 radical (unpaired) electrons. The molecule has 1 saturated heterocycles. The van der Waals surface area contributed by atoms with Crippen molar-refractivity contribution in [2.45, 2.75) is 31.7 Å². The molecule has 2 nitrogen and oxygen atoms in total. The molecular formula is C16H24N2. The topological polar surface area (TPSA) is 15.3 Å². The van der Waals surface area contributed by atoms with Gasteiger partial charge in [-0.25, -0.2) is 0 Å². The Morgan fingerprint density at radius 2 is 1.94 bits per heavy atom. The molecule has 0 aromatic heterocycles. The Bertz CT molecular complexity index is 364. The van der Waals surface area contributed by atoms with Crippen LogP contribution in [-0.4, -0.2) is 30.1 Å². The fourth-order valence-corrected chi connectivity index (χ4v) is 2.78. The highest BCUT2D eigenvalue weighted by Gasteiger charge is 2.32. The Hall–Kier alpha value is -1.28. The van der Waals surface area contributed by atoms with E-state index in [0.29, 0.717) is 0 Å². The number of hydrogen-bond donors (Lipinski definition) is 1. The molecule has 0 aliphatic carbocycles. The quantitative estimate of drug-likeness (QED) is 0.797. The van der Waals surface area contributed by atoms with E-state index >= 15 is 0 Å². The van der Waals surface area contributed by atoms with E-state index in [4.69, 9.17) is 0 Å². The summed E-state index contributed by atoms with van der Waals surface area (Å²) < 4.78 is 0. The molecule has 0 amide bonds. The van der Waals surface area contributed by atoms with Crippen LogP contribution in [0, 0.1) is 0 Å². The van der Waals surface area contributed by atoms with Gasteiger partial charge in [0.25, 0.3) is 0 Å². The molecule has 1 aliphatic rings. The van der Waals surface area contributed by atoms with Crippen molar-refractivity contribution in [3.05, 3.63) is 43.0 Å². The van der Waals surface area contributed by atoms with Crippen LogP contribution in [0.25, 0.3) is 0 Å². The molecule has 1 N–H and O–H groups in total. The second-order valence-electron chi connectivity index (χ2n) is 5.20. The van der Waals surface area contributed by atoms with Gasteiger partial charge in [0.2, 0.25) is 0 Å². The molecule has 0 saturated carbocycles. The van der Waals surface area contributed by atoms with E-state index in [-0.39, 0.29) is 5.54 Å². The van der Waals surface area contributed by atoms with Crippen LogP contribution in [0.15, 0.2) is 43.0 Å². The second-order valence-corrected chi connectivity index (χ2v) is 5.20. The largest absolute Gasteiger partial charge is 0.379 e. The van der Waals surface area contributed by atoms with Crippen LogP contribution in [-0.2, 0) is 0 Å². The van der Waals surface area contributed by atoms with E-state index in [0.717, 1.165) is 13.0 Å². The summed E-state index contributed by atoms with van der Waals surface area (Å²) in [6.07, 6.45) is 5.49. The summed E-state index contributed by atoms with van der Waals surface area (Å²) in [6, 6.07) is 10.5. The molecule has 1 aliphatic heterocycles. The zero-order valence-electron chi connectivity index (χ0n) is 11.4. The molecule has 1 fully saturated rings. The van der Waals surface area contributed by atoms with E-state index in [2.05, 4.69) is 60.1 Å². The third kappa shape index (κ3) is 3.14. The number of anilines is 1. The maximum atomic E-state index is 3.93. The third-order valence-electron chi connectivity index (χ3n) is 3.98. The zero-order valence-corrected chi connectivity index (χ0v) is 11.4. The number of para-hydroxylation sites is 1. The number of hydrogen-bond acceptors (Lipinski definition) is 2. The van der Waals surface area contributed by atoms with E-state index < -0.39 is 0 Å². The number of benzene rings is 1. The van der Waals surface area contributed by atoms with Crippen molar-refractivity contribution in [2.24, 2.45) is 0 Å². The second kappa shape index (κ2) is 6.05. The Balaban J connectivity index is 2.06. The van der Waals surface area contributed by atoms with Gasteiger partial charge in [0.05, 0.1) is 0 Å². The van der Waals surface area contributed by atoms with Gasteiger partial charge in [-0.15, -0.1) is 6.58 Å². The zero-order chi connectivity index (χ0) is 12.8. The lowest BCUT2D eigenvalue weighted by Crippen LogP contribution is -2.48. The Kier molecular flexibility index (Phi) is 4.43. The van der Waals surface area contributed by atoms with Crippen LogP contribution in [0.3, 0.4) is 0 Å². The molecular weight excluding hydrogens is 220 g/mol. The summed E-state index contributed by atoms with van der Waals surface area (Å²) >= 11 is 0.